The normalized spacial score (nSPS) is 30.7. The van der Waals surface area contributed by atoms with Crippen LogP contribution in [-0.4, -0.2) is 220 Å². The van der Waals surface area contributed by atoms with Crippen LogP contribution in [0.15, 0.2) is 0 Å². The van der Waals surface area contributed by atoms with E-state index >= 15 is 0 Å². The maximum absolute atomic E-state index is 13.6. The van der Waals surface area contributed by atoms with Crippen molar-refractivity contribution in [2.24, 2.45) is 0 Å². The van der Waals surface area contributed by atoms with Gasteiger partial charge in [0.25, 0.3) is 5.91 Å². The zero-order chi connectivity index (χ0) is 60.4. The van der Waals surface area contributed by atoms with Crippen LogP contribution in [0.5, 0.6) is 0 Å². The van der Waals surface area contributed by atoms with Gasteiger partial charge >= 0.3 is 0 Å². The van der Waals surface area contributed by atoms with Gasteiger partial charge in [-0.25, -0.2) is 0 Å². The molecule has 0 aromatic carbocycles. The van der Waals surface area contributed by atoms with Crippen molar-refractivity contribution in [2.45, 2.75) is 349 Å². The molecule has 3 aliphatic heterocycles. The first-order valence-corrected chi connectivity index (χ1v) is 31.9. The highest BCUT2D eigenvalue weighted by Gasteiger charge is 2.54. The second-order valence-corrected chi connectivity index (χ2v) is 23.6. The molecule has 22 heteroatoms. The fourth-order valence-corrected chi connectivity index (χ4v) is 11.1. The van der Waals surface area contributed by atoms with Crippen molar-refractivity contribution in [3.63, 3.8) is 0 Å². The Morgan fingerprint density at radius 1 is 0.451 bits per heavy atom. The summed E-state index contributed by atoms with van der Waals surface area (Å²) < 4.78 is 34.9. The SMILES string of the molecule is CCCCCCCCCCCCCCCCCCCCC[C@@H](O)C(=O)[C@@H](O)C(=O)N[C@@H](CO[C@@H]1O[C@H](CO)[C@@H](O[C@@H]2O[C@H](CO)[C@H](O)[C@H](O)[C@H]2O)[C@H](O[C@H]2O[C@H](C)[C@H](O)[C@H](O)[C@H]2O)[C@H]1O)[C@H](O)[C@H](O)CCCCCCCCCCCCC. The topological polar surface area (TPSA) is 365 Å². The summed E-state index contributed by atoms with van der Waals surface area (Å²) in [5.74, 6) is -2.49. The molecule has 3 rings (SSSR count). The minimum Gasteiger partial charge on any atom is -0.394 e. The fraction of sp³-hybridized carbons (Fsp3) is 0.967. The van der Waals surface area contributed by atoms with E-state index in [4.69, 9.17) is 28.4 Å². The van der Waals surface area contributed by atoms with Gasteiger partial charge < -0.3 is 100 Å². The number of aliphatic hydroxyl groups is 13. The lowest BCUT2D eigenvalue weighted by molar-refractivity contribution is -0.386. The predicted molar refractivity (Wildman–Crippen MR) is 304 cm³/mol. The first-order chi connectivity index (χ1) is 39.4. The molecule has 3 saturated heterocycles. The molecule has 0 unspecified atom stereocenters. The Labute approximate surface area is 488 Å². The summed E-state index contributed by atoms with van der Waals surface area (Å²) in [7, 11) is 0. The Balaban J connectivity index is 1.64. The molecular weight excluding hydrogens is 1070 g/mol. The van der Waals surface area contributed by atoms with Crippen molar-refractivity contribution in [1.29, 1.82) is 0 Å². The number of rotatable bonds is 47. The highest BCUT2D eigenvalue weighted by Crippen LogP contribution is 2.34. The highest BCUT2D eigenvalue weighted by atomic mass is 16.8. The van der Waals surface area contributed by atoms with E-state index in [2.05, 4.69) is 19.2 Å². The summed E-state index contributed by atoms with van der Waals surface area (Å²) in [6.07, 6.45) is 0.128. The van der Waals surface area contributed by atoms with Crippen LogP contribution in [0.3, 0.4) is 0 Å². The third-order valence-corrected chi connectivity index (χ3v) is 16.6. The smallest absolute Gasteiger partial charge is 0.257 e. The molecule has 20 atom stereocenters. The van der Waals surface area contributed by atoms with Crippen molar-refractivity contribution in [2.75, 3.05) is 19.8 Å². The first-order valence-electron chi connectivity index (χ1n) is 31.9. The number of Topliss-reactive ketones (excluding diaryl/α,β-unsaturated/α-hetero) is 1. The van der Waals surface area contributed by atoms with Crippen LogP contribution in [0, 0.1) is 0 Å². The van der Waals surface area contributed by atoms with Gasteiger partial charge in [-0.05, 0) is 19.8 Å². The molecule has 82 heavy (non-hydrogen) atoms. The summed E-state index contributed by atoms with van der Waals surface area (Å²) in [6, 6.07) is -1.62. The minimum atomic E-state index is -2.39. The van der Waals surface area contributed by atoms with Crippen molar-refractivity contribution >= 4 is 11.7 Å². The Hall–Kier alpha value is -1.62. The van der Waals surface area contributed by atoms with Crippen LogP contribution in [0.25, 0.3) is 0 Å². The lowest BCUT2D eigenvalue weighted by atomic mass is 9.96. The number of ketones is 1. The first kappa shape index (κ1) is 74.6. The lowest BCUT2D eigenvalue weighted by Gasteiger charge is -2.49. The zero-order valence-corrected chi connectivity index (χ0v) is 49.9. The molecule has 0 aliphatic carbocycles. The zero-order valence-electron chi connectivity index (χ0n) is 49.9. The van der Waals surface area contributed by atoms with E-state index in [1.165, 1.54) is 122 Å². The quantitative estimate of drug-likeness (QED) is 0.0306. The molecule has 0 saturated carbocycles. The summed E-state index contributed by atoms with van der Waals surface area (Å²) in [5, 5.41) is 143. The van der Waals surface area contributed by atoms with E-state index in [-0.39, 0.29) is 12.8 Å². The summed E-state index contributed by atoms with van der Waals surface area (Å²) in [5.41, 5.74) is 0. The maximum Gasteiger partial charge on any atom is 0.257 e. The average Bonchev–Trinajstić information content (AvgIpc) is 3.56. The number of nitrogens with one attached hydrogen (secondary N) is 1. The van der Waals surface area contributed by atoms with Gasteiger partial charge in [-0.2, -0.15) is 0 Å². The van der Waals surface area contributed by atoms with Crippen molar-refractivity contribution in [3.8, 4) is 0 Å². The Bertz CT molecular complexity index is 1620. The molecule has 22 nitrogen and oxygen atoms in total. The Morgan fingerprint density at radius 3 is 1.29 bits per heavy atom. The molecule has 0 aromatic rings. The molecule has 0 bridgehead atoms. The van der Waals surface area contributed by atoms with Gasteiger partial charge in [0.2, 0.25) is 0 Å². The van der Waals surface area contributed by atoms with E-state index < -0.39 is 154 Å². The highest BCUT2D eigenvalue weighted by molar-refractivity contribution is 6.05. The van der Waals surface area contributed by atoms with Gasteiger partial charge in [0.05, 0.1) is 38.1 Å². The van der Waals surface area contributed by atoms with Crippen LogP contribution in [0.1, 0.15) is 226 Å². The second kappa shape index (κ2) is 43.1. The van der Waals surface area contributed by atoms with Crippen LogP contribution in [0.4, 0.5) is 0 Å². The van der Waals surface area contributed by atoms with Gasteiger partial charge in [-0.15, -0.1) is 0 Å². The Morgan fingerprint density at radius 2 is 0.841 bits per heavy atom. The number of amides is 1. The number of unbranched alkanes of at least 4 members (excludes halogenated alkanes) is 28. The molecule has 0 radical (unpaired) electrons. The second-order valence-electron chi connectivity index (χ2n) is 23.6. The molecule has 0 aromatic heterocycles. The van der Waals surface area contributed by atoms with Crippen LogP contribution in [-0.2, 0) is 38.0 Å². The summed E-state index contributed by atoms with van der Waals surface area (Å²) in [6.45, 7) is 3.20. The van der Waals surface area contributed by atoms with Gasteiger partial charge in [-0.1, -0.05) is 206 Å². The van der Waals surface area contributed by atoms with E-state index in [1.54, 1.807) is 0 Å². The van der Waals surface area contributed by atoms with Crippen LogP contribution < -0.4 is 5.32 Å². The molecule has 14 N–H and O–H groups in total. The summed E-state index contributed by atoms with van der Waals surface area (Å²) in [4.78, 5) is 26.9. The molecule has 3 heterocycles. The van der Waals surface area contributed by atoms with E-state index in [0.29, 0.717) is 12.8 Å². The van der Waals surface area contributed by atoms with Crippen molar-refractivity contribution in [1.82, 2.24) is 5.32 Å². The van der Waals surface area contributed by atoms with Gasteiger partial charge in [-0.3, -0.25) is 9.59 Å². The van der Waals surface area contributed by atoms with Crippen molar-refractivity contribution < 1.29 is 104 Å². The standard InChI is InChI=1S/C60H113NO21/c1-4-6-8-10-12-14-16-17-18-19-20-21-22-23-25-27-29-31-33-35-42(65)47(68)51(72)57(76)61-40(46(67)41(64)34-32-30-28-26-24-15-13-11-9-7-5-2)38-77-58-54(75)56(82-59-52(73)49(70)45(66)39(3)78-59)55(44(37-63)80-58)81-60-53(74)50(71)48(69)43(36-62)79-60/h39-46,48-56,58-60,62-67,69-75H,4-38H2,1-3H3,(H,61,76)/t39-,40+,41-,42-,43-,44-,45+,46+,48+,49+,50+,51-,52-,53-,54-,55-,56-,58-,59-,60+/m1/s1. The van der Waals surface area contributed by atoms with Gasteiger partial charge in [0, 0.05) is 0 Å². The predicted octanol–water partition coefficient (Wildman–Crippen LogP) is 3.50. The number of aliphatic hydroxyl groups excluding tert-OH is 13. The van der Waals surface area contributed by atoms with Gasteiger partial charge in [0.1, 0.15) is 79.4 Å². The monoisotopic (exact) mass is 1180 g/mol. The fourth-order valence-electron chi connectivity index (χ4n) is 11.1. The molecule has 0 spiro atoms. The van der Waals surface area contributed by atoms with Crippen molar-refractivity contribution in [3.05, 3.63) is 0 Å². The molecular formula is C60H113NO21. The lowest BCUT2D eigenvalue weighted by Crippen LogP contribution is -2.67. The van der Waals surface area contributed by atoms with E-state index in [9.17, 15) is 76.0 Å². The van der Waals surface area contributed by atoms with E-state index in [0.717, 1.165) is 64.2 Å². The molecule has 484 valence electrons. The van der Waals surface area contributed by atoms with E-state index in [1.807, 2.05) is 0 Å². The number of carbonyl (C=O) groups excluding carboxylic acids is 2. The van der Waals surface area contributed by atoms with Crippen LogP contribution >= 0.6 is 0 Å². The number of hydrogen-bond acceptors (Lipinski definition) is 21. The van der Waals surface area contributed by atoms with Crippen LogP contribution in [0.2, 0.25) is 0 Å². The minimum absolute atomic E-state index is 0.00348. The molecule has 3 aliphatic rings. The summed E-state index contributed by atoms with van der Waals surface area (Å²) >= 11 is 0. The molecule has 1 amide bonds. The maximum atomic E-state index is 13.6. The number of carbonyl (C=O) groups is 2. The average molecular weight is 1180 g/mol. The third kappa shape index (κ3) is 26.4. The Kier molecular flexibility index (Phi) is 39.2. The largest absolute Gasteiger partial charge is 0.394 e. The van der Waals surface area contributed by atoms with Gasteiger partial charge in [0.15, 0.2) is 30.8 Å². The third-order valence-electron chi connectivity index (χ3n) is 16.6. The molecule has 3 fully saturated rings. The number of hydrogen-bond donors (Lipinski definition) is 14. The number of ether oxygens (including phenoxy) is 6.